The highest BCUT2D eigenvalue weighted by molar-refractivity contribution is 5.54. The van der Waals surface area contributed by atoms with Gasteiger partial charge in [0.1, 0.15) is 5.82 Å². The van der Waals surface area contributed by atoms with Gasteiger partial charge in [0.05, 0.1) is 5.69 Å². The summed E-state index contributed by atoms with van der Waals surface area (Å²) in [6.07, 6.45) is 3.49. The van der Waals surface area contributed by atoms with Crippen molar-refractivity contribution < 1.29 is 0 Å². The molecular weight excluding hydrogens is 176 g/mol. The first-order chi connectivity index (χ1) is 6.81. The number of aromatic nitrogens is 3. The summed E-state index contributed by atoms with van der Waals surface area (Å²) in [4.78, 5) is 11.5. The molecule has 0 unspecified atom stereocenters. The van der Waals surface area contributed by atoms with E-state index in [0.717, 1.165) is 22.8 Å². The van der Waals surface area contributed by atoms with Crippen molar-refractivity contribution >= 4 is 0 Å². The molecule has 14 heavy (non-hydrogen) atoms. The molecule has 0 bridgehead atoms. The Morgan fingerprint density at radius 1 is 1.36 bits per heavy atom. The van der Waals surface area contributed by atoms with Gasteiger partial charge in [-0.3, -0.25) is 4.98 Å². The molecule has 2 aromatic heterocycles. The van der Waals surface area contributed by atoms with Crippen molar-refractivity contribution in [2.45, 2.75) is 13.5 Å². The van der Waals surface area contributed by atoms with Gasteiger partial charge in [0.25, 0.3) is 0 Å². The predicted molar refractivity (Wildman–Crippen MR) is 54.4 cm³/mol. The van der Waals surface area contributed by atoms with Crippen LogP contribution in [0.15, 0.2) is 24.5 Å². The lowest BCUT2D eigenvalue weighted by Crippen LogP contribution is -1.98. The average molecular weight is 188 g/mol. The van der Waals surface area contributed by atoms with E-state index in [1.807, 2.05) is 19.1 Å². The summed E-state index contributed by atoms with van der Waals surface area (Å²) in [5.41, 5.74) is 8.52. The number of rotatable bonds is 2. The van der Waals surface area contributed by atoms with E-state index in [4.69, 9.17) is 5.73 Å². The Morgan fingerprint density at radius 2 is 2.07 bits per heavy atom. The Bertz CT molecular complexity index is 419. The fraction of sp³-hybridized carbons (Fsp3) is 0.200. The minimum Gasteiger partial charge on any atom is -0.342 e. The van der Waals surface area contributed by atoms with E-state index >= 15 is 0 Å². The second-order valence-electron chi connectivity index (χ2n) is 3.10. The maximum Gasteiger partial charge on any atom is 0.137 e. The molecule has 2 heterocycles. The normalized spacial score (nSPS) is 10.4. The van der Waals surface area contributed by atoms with E-state index in [0.29, 0.717) is 6.54 Å². The topological polar surface area (TPSA) is 67.6 Å². The first-order valence-electron chi connectivity index (χ1n) is 4.47. The van der Waals surface area contributed by atoms with Gasteiger partial charge in [0.15, 0.2) is 0 Å². The molecule has 2 rings (SSSR count). The van der Waals surface area contributed by atoms with Crippen LogP contribution < -0.4 is 5.73 Å². The van der Waals surface area contributed by atoms with E-state index in [1.165, 1.54) is 0 Å². The third-order valence-electron chi connectivity index (χ3n) is 2.13. The zero-order valence-electron chi connectivity index (χ0n) is 7.99. The van der Waals surface area contributed by atoms with Crippen molar-refractivity contribution in [3.63, 3.8) is 0 Å². The minimum atomic E-state index is 0.466. The van der Waals surface area contributed by atoms with Crippen LogP contribution in [0.5, 0.6) is 0 Å². The molecule has 72 valence electrons. The summed E-state index contributed by atoms with van der Waals surface area (Å²) in [5, 5.41) is 0. The molecule has 0 atom stereocenters. The Morgan fingerprint density at radius 3 is 2.64 bits per heavy atom. The largest absolute Gasteiger partial charge is 0.342 e. The number of aryl methyl sites for hydroxylation is 1. The van der Waals surface area contributed by atoms with Crippen LogP contribution in [0.4, 0.5) is 0 Å². The van der Waals surface area contributed by atoms with Crippen LogP contribution in [-0.2, 0) is 6.54 Å². The van der Waals surface area contributed by atoms with E-state index in [2.05, 4.69) is 15.0 Å². The molecule has 0 aliphatic carbocycles. The Hall–Kier alpha value is -1.68. The molecule has 0 radical (unpaired) electrons. The molecule has 0 saturated heterocycles. The highest BCUT2D eigenvalue weighted by Crippen LogP contribution is 2.16. The predicted octanol–water partition coefficient (Wildman–Crippen LogP) is 1.24. The molecular formula is C10H12N4. The maximum atomic E-state index is 5.55. The molecule has 0 saturated carbocycles. The molecule has 0 amide bonds. The summed E-state index contributed by atoms with van der Waals surface area (Å²) < 4.78 is 0. The van der Waals surface area contributed by atoms with Crippen molar-refractivity contribution in [1.82, 2.24) is 15.0 Å². The quantitative estimate of drug-likeness (QED) is 0.745. The van der Waals surface area contributed by atoms with Crippen LogP contribution in [0.1, 0.15) is 11.4 Å². The lowest BCUT2D eigenvalue weighted by Gasteiger charge is -1.93. The second kappa shape index (κ2) is 3.59. The number of hydrogen-bond donors (Lipinski definition) is 2. The number of H-pyrrole nitrogens is 1. The fourth-order valence-corrected chi connectivity index (χ4v) is 1.34. The van der Waals surface area contributed by atoms with Crippen molar-refractivity contribution in [2.75, 3.05) is 0 Å². The van der Waals surface area contributed by atoms with Crippen molar-refractivity contribution in [3.05, 3.63) is 35.9 Å². The molecule has 0 fully saturated rings. The average Bonchev–Trinajstić information content (AvgIpc) is 2.61. The van der Waals surface area contributed by atoms with Crippen molar-refractivity contribution in [3.8, 4) is 11.4 Å². The molecule has 3 N–H and O–H groups in total. The van der Waals surface area contributed by atoms with Crippen LogP contribution in [0.2, 0.25) is 0 Å². The Balaban J connectivity index is 2.43. The van der Waals surface area contributed by atoms with E-state index < -0.39 is 0 Å². The first-order valence-corrected chi connectivity index (χ1v) is 4.47. The van der Waals surface area contributed by atoms with Crippen LogP contribution in [-0.4, -0.2) is 15.0 Å². The molecule has 2 aromatic rings. The van der Waals surface area contributed by atoms with Crippen LogP contribution in [0.25, 0.3) is 11.4 Å². The van der Waals surface area contributed by atoms with Crippen LogP contribution in [0, 0.1) is 6.92 Å². The van der Waals surface area contributed by atoms with Crippen molar-refractivity contribution in [1.29, 1.82) is 0 Å². The minimum absolute atomic E-state index is 0.466. The van der Waals surface area contributed by atoms with Gasteiger partial charge in [0.2, 0.25) is 0 Å². The monoisotopic (exact) mass is 188 g/mol. The number of nitrogens with one attached hydrogen (secondary N) is 1. The highest BCUT2D eigenvalue weighted by atomic mass is 14.9. The molecule has 0 spiro atoms. The number of nitrogens with zero attached hydrogens (tertiary/aromatic N) is 2. The highest BCUT2D eigenvalue weighted by Gasteiger charge is 2.05. The summed E-state index contributed by atoms with van der Waals surface area (Å²) in [6, 6.07) is 3.83. The lowest BCUT2D eigenvalue weighted by atomic mass is 10.2. The van der Waals surface area contributed by atoms with Crippen LogP contribution >= 0.6 is 0 Å². The number of pyridine rings is 1. The molecule has 0 aliphatic rings. The van der Waals surface area contributed by atoms with E-state index in [9.17, 15) is 0 Å². The molecule has 4 nitrogen and oxygen atoms in total. The van der Waals surface area contributed by atoms with Gasteiger partial charge in [0, 0.05) is 30.2 Å². The zero-order chi connectivity index (χ0) is 9.97. The van der Waals surface area contributed by atoms with Gasteiger partial charge in [-0.05, 0) is 19.1 Å². The van der Waals surface area contributed by atoms with E-state index in [-0.39, 0.29) is 0 Å². The third-order valence-corrected chi connectivity index (χ3v) is 2.13. The number of aromatic amines is 1. The summed E-state index contributed by atoms with van der Waals surface area (Å²) in [5.74, 6) is 0.852. The van der Waals surface area contributed by atoms with Gasteiger partial charge in [-0.25, -0.2) is 4.98 Å². The van der Waals surface area contributed by atoms with Gasteiger partial charge in [-0.15, -0.1) is 0 Å². The molecule has 4 heteroatoms. The van der Waals surface area contributed by atoms with Gasteiger partial charge >= 0.3 is 0 Å². The SMILES string of the molecule is Cc1[nH]c(-c2ccncc2)nc1CN. The second-order valence-corrected chi connectivity index (χ2v) is 3.10. The number of imidazole rings is 1. The lowest BCUT2D eigenvalue weighted by molar-refractivity contribution is 0.993. The Labute approximate surface area is 82.2 Å². The summed E-state index contributed by atoms with van der Waals surface area (Å²) in [6.45, 7) is 2.44. The number of hydrogen-bond acceptors (Lipinski definition) is 3. The van der Waals surface area contributed by atoms with Gasteiger partial charge < -0.3 is 10.7 Å². The van der Waals surface area contributed by atoms with Gasteiger partial charge in [-0.1, -0.05) is 0 Å². The smallest absolute Gasteiger partial charge is 0.137 e. The maximum absolute atomic E-state index is 5.55. The van der Waals surface area contributed by atoms with Gasteiger partial charge in [-0.2, -0.15) is 0 Å². The summed E-state index contributed by atoms with van der Waals surface area (Å²) in [7, 11) is 0. The molecule has 0 aliphatic heterocycles. The number of nitrogens with two attached hydrogens (primary N) is 1. The zero-order valence-corrected chi connectivity index (χ0v) is 7.99. The van der Waals surface area contributed by atoms with E-state index in [1.54, 1.807) is 12.4 Å². The first kappa shape index (κ1) is 8.90. The van der Waals surface area contributed by atoms with Crippen molar-refractivity contribution in [2.24, 2.45) is 5.73 Å². The van der Waals surface area contributed by atoms with Crippen LogP contribution in [0.3, 0.4) is 0 Å². The summed E-state index contributed by atoms with van der Waals surface area (Å²) >= 11 is 0. The fourth-order valence-electron chi connectivity index (χ4n) is 1.34. The Kier molecular flexibility index (Phi) is 2.28. The molecule has 0 aromatic carbocycles. The standard InChI is InChI=1S/C10H12N4/c1-7-9(6-11)14-10(13-7)8-2-4-12-5-3-8/h2-5H,6,11H2,1H3,(H,13,14). The third kappa shape index (κ3) is 1.52.